The summed E-state index contributed by atoms with van der Waals surface area (Å²) >= 11 is 7.33. The van der Waals surface area contributed by atoms with E-state index in [0.717, 1.165) is 28.3 Å². The quantitative estimate of drug-likeness (QED) is 0.809. The van der Waals surface area contributed by atoms with E-state index in [4.69, 9.17) is 11.6 Å². The molecule has 114 valence electrons. The van der Waals surface area contributed by atoms with Crippen LogP contribution in [0.1, 0.15) is 4.88 Å². The minimum absolute atomic E-state index is 0.0261. The Labute approximate surface area is 137 Å². The van der Waals surface area contributed by atoms with Crippen molar-refractivity contribution in [2.75, 3.05) is 31.1 Å². The van der Waals surface area contributed by atoms with Gasteiger partial charge in [0.2, 0.25) is 11.9 Å². The maximum absolute atomic E-state index is 12.2. The van der Waals surface area contributed by atoms with Gasteiger partial charge in [0, 0.05) is 49.5 Å². The van der Waals surface area contributed by atoms with Gasteiger partial charge in [-0.3, -0.25) is 4.79 Å². The fourth-order valence-corrected chi connectivity index (χ4v) is 3.22. The minimum atomic E-state index is 0.0261. The van der Waals surface area contributed by atoms with Gasteiger partial charge in [-0.2, -0.15) is 0 Å². The van der Waals surface area contributed by atoms with Crippen molar-refractivity contribution in [3.63, 3.8) is 0 Å². The summed E-state index contributed by atoms with van der Waals surface area (Å²) in [4.78, 5) is 25.6. The second-order valence-electron chi connectivity index (χ2n) is 4.84. The summed E-state index contributed by atoms with van der Waals surface area (Å²) in [5.74, 6) is 0.747. The highest BCUT2D eigenvalue weighted by molar-refractivity contribution is 7.17. The molecule has 1 aliphatic heterocycles. The third-order valence-corrected chi connectivity index (χ3v) is 4.61. The molecule has 0 unspecified atom stereocenters. The van der Waals surface area contributed by atoms with Gasteiger partial charge in [0.15, 0.2) is 0 Å². The van der Waals surface area contributed by atoms with Gasteiger partial charge in [-0.1, -0.05) is 11.6 Å². The van der Waals surface area contributed by atoms with Crippen LogP contribution in [0, 0.1) is 0 Å². The van der Waals surface area contributed by atoms with Crippen LogP contribution in [0.25, 0.3) is 6.08 Å². The topological polar surface area (TPSA) is 49.3 Å². The lowest BCUT2D eigenvalue weighted by Gasteiger charge is -2.34. The standard InChI is InChI=1S/C15H15ClN4OS/c16-13-4-2-12(22-13)3-5-14(21)19-8-10-20(11-9-19)15-17-6-1-7-18-15/h1-7H,8-11H2/b5-3+. The molecule has 2 aromatic rings. The zero-order chi connectivity index (χ0) is 15.4. The average Bonchev–Trinajstić information content (AvgIpc) is 2.99. The predicted octanol–water partition coefficient (Wildman–Crippen LogP) is 2.55. The molecule has 3 heterocycles. The summed E-state index contributed by atoms with van der Waals surface area (Å²) in [5, 5.41) is 0. The maximum Gasteiger partial charge on any atom is 0.246 e. The number of anilines is 1. The molecule has 22 heavy (non-hydrogen) atoms. The first kappa shape index (κ1) is 15.0. The average molecular weight is 335 g/mol. The number of aromatic nitrogens is 2. The monoisotopic (exact) mass is 334 g/mol. The summed E-state index contributed by atoms with van der Waals surface area (Å²) in [6.07, 6.45) is 6.88. The summed E-state index contributed by atoms with van der Waals surface area (Å²) in [6, 6.07) is 5.53. The van der Waals surface area contributed by atoms with Crippen LogP contribution in [0.2, 0.25) is 4.34 Å². The van der Waals surface area contributed by atoms with E-state index in [-0.39, 0.29) is 5.91 Å². The van der Waals surface area contributed by atoms with Crippen molar-refractivity contribution in [1.29, 1.82) is 0 Å². The van der Waals surface area contributed by atoms with Crippen molar-refractivity contribution < 1.29 is 4.79 Å². The lowest BCUT2D eigenvalue weighted by atomic mass is 10.3. The molecule has 0 bridgehead atoms. The Hall–Kier alpha value is -1.92. The number of halogens is 1. The van der Waals surface area contributed by atoms with Crippen LogP contribution in [-0.4, -0.2) is 47.0 Å². The Bertz CT molecular complexity index is 665. The summed E-state index contributed by atoms with van der Waals surface area (Å²) < 4.78 is 0.726. The van der Waals surface area contributed by atoms with Gasteiger partial charge in [-0.25, -0.2) is 9.97 Å². The second-order valence-corrected chi connectivity index (χ2v) is 6.58. The lowest BCUT2D eigenvalue weighted by Crippen LogP contribution is -2.48. The number of hydrogen-bond acceptors (Lipinski definition) is 5. The number of piperazine rings is 1. The first-order valence-electron chi connectivity index (χ1n) is 6.97. The largest absolute Gasteiger partial charge is 0.337 e. The normalized spacial score (nSPS) is 15.5. The van der Waals surface area contributed by atoms with Crippen molar-refractivity contribution in [2.24, 2.45) is 0 Å². The van der Waals surface area contributed by atoms with Gasteiger partial charge in [0.25, 0.3) is 0 Å². The van der Waals surface area contributed by atoms with E-state index in [0.29, 0.717) is 13.1 Å². The van der Waals surface area contributed by atoms with Gasteiger partial charge in [-0.05, 0) is 24.3 Å². The molecule has 0 aromatic carbocycles. The lowest BCUT2D eigenvalue weighted by molar-refractivity contribution is -0.126. The minimum Gasteiger partial charge on any atom is -0.337 e. The highest BCUT2D eigenvalue weighted by Gasteiger charge is 2.20. The molecule has 0 N–H and O–H groups in total. The first-order valence-corrected chi connectivity index (χ1v) is 8.16. The van der Waals surface area contributed by atoms with Crippen molar-refractivity contribution in [3.8, 4) is 0 Å². The molecule has 0 spiro atoms. The Kier molecular flexibility index (Phi) is 4.70. The van der Waals surface area contributed by atoms with E-state index in [1.165, 1.54) is 11.3 Å². The van der Waals surface area contributed by atoms with E-state index in [1.54, 1.807) is 24.5 Å². The van der Waals surface area contributed by atoms with E-state index >= 15 is 0 Å². The smallest absolute Gasteiger partial charge is 0.246 e. The van der Waals surface area contributed by atoms with Gasteiger partial charge >= 0.3 is 0 Å². The van der Waals surface area contributed by atoms with Crippen molar-refractivity contribution in [2.45, 2.75) is 0 Å². The van der Waals surface area contributed by atoms with Gasteiger partial charge in [0.1, 0.15) is 0 Å². The number of carbonyl (C=O) groups excluding carboxylic acids is 1. The molecule has 7 heteroatoms. The van der Waals surface area contributed by atoms with Crippen LogP contribution in [-0.2, 0) is 4.79 Å². The number of rotatable bonds is 3. The molecule has 0 aliphatic carbocycles. The molecular weight excluding hydrogens is 320 g/mol. The highest BCUT2D eigenvalue weighted by atomic mass is 35.5. The van der Waals surface area contributed by atoms with Crippen LogP contribution in [0.3, 0.4) is 0 Å². The van der Waals surface area contributed by atoms with Crippen LogP contribution < -0.4 is 4.90 Å². The predicted molar refractivity (Wildman–Crippen MR) is 89.2 cm³/mol. The maximum atomic E-state index is 12.2. The molecule has 1 aliphatic rings. The molecule has 5 nitrogen and oxygen atoms in total. The summed E-state index contributed by atoms with van der Waals surface area (Å²) in [7, 11) is 0. The Morgan fingerprint density at radius 1 is 1.18 bits per heavy atom. The SMILES string of the molecule is O=C(/C=C/c1ccc(Cl)s1)N1CCN(c2ncccn2)CC1. The van der Waals surface area contributed by atoms with Crippen molar-refractivity contribution in [3.05, 3.63) is 45.9 Å². The number of nitrogens with zero attached hydrogens (tertiary/aromatic N) is 4. The molecule has 1 fully saturated rings. The number of hydrogen-bond donors (Lipinski definition) is 0. The Morgan fingerprint density at radius 3 is 2.55 bits per heavy atom. The Morgan fingerprint density at radius 2 is 1.91 bits per heavy atom. The van der Waals surface area contributed by atoms with Gasteiger partial charge < -0.3 is 9.80 Å². The third-order valence-electron chi connectivity index (χ3n) is 3.41. The number of carbonyl (C=O) groups is 1. The zero-order valence-electron chi connectivity index (χ0n) is 11.9. The van der Waals surface area contributed by atoms with Crippen LogP contribution in [0.5, 0.6) is 0 Å². The molecule has 0 saturated carbocycles. The van der Waals surface area contributed by atoms with E-state index in [1.807, 2.05) is 23.1 Å². The third kappa shape index (κ3) is 3.64. The zero-order valence-corrected chi connectivity index (χ0v) is 13.4. The van der Waals surface area contributed by atoms with Gasteiger partial charge in [-0.15, -0.1) is 11.3 Å². The van der Waals surface area contributed by atoms with Crippen LogP contribution >= 0.6 is 22.9 Å². The van der Waals surface area contributed by atoms with Crippen molar-refractivity contribution in [1.82, 2.24) is 14.9 Å². The fourth-order valence-electron chi connectivity index (χ4n) is 2.26. The van der Waals surface area contributed by atoms with Crippen LogP contribution in [0.15, 0.2) is 36.7 Å². The molecule has 1 saturated heterocycles. The van der Waals surface area contributed by atoms with Crippen molar-refractivity contribution >= 4 is 40.9 Å². The highest BCUT2D eigenvalue weighted by Crippen LogP contribution is 2.22. The number of amides is 1. The summed E-state index contributed by atoms with van der Waals surface area (Å²) in [6.45, 7) is 2.84. The molecule has 0 radical (unpaired) electrons. The van der Waals surface area contributed by atoms with E-state index < -0.39 is 0 Å². The second kappa shape index (κ2) is 6.89. The molecule has 0 atom stereocenters. The van der Waals surface area contributed by atoms with E-state index in [2.05, 4.69) is 14.9 Å². The van der Waals surface area contributed by atoms with E-state index in [9.17, 15) is 4.79 Å². The summed E-state index contributed by atoms with van der Waals surface area (Å²) in [5.41, 5.74) is 0. The fraction of sp³-hybridized carbons (Fsp3) is 0.267. The molecule has 3 rings (SSSR count). The molecular formula is C15H15ClN4OS. The van der Waals surface area contributed by atoms with Crippen LogP contribution in [0.4, 0.5) is 5.95 Å². The molecule has 2 aromatic heterocycles. The first-order chi connectivity index (χ1) is 10.7. The number of thiophene rings is 1. The Balaban J connectivity index is 1.55. The van der Waals surface area contributed by atoms with Gasteiger partial charge in [0.05, 0.1) is 4.34 Å². The molecule has 1 amide bonds.